The molecule has 28 heavy (non-hydrogen) atoms. The Bertz CT molecular complexity index is 540. The molecule has 1 nitrogen and oxygen atoms in total. The average molecular weight is 389 g/mol. The summed E-state index contributed by atoms with van der Waals surface area (Å²) in [6.45, 7) is 12.2. The maximum absolute atomic E-state index is 10.3. The Balaban J connectivity index is 1.46. The summed E-state index contributed by atoms with van der Waals surface area (Å²) in [5, 5.41) is 10.3. The van der Waals surface area contributed by atoms with Crippen molar-refractivity contribution in [3.05, 3.63) is 0 Å². The lowest BCUT2D eigenvalue weighted by atomic mass is 9.44. The fraction of sp³-hybridized carbons (Fsp3) is 1.00. The molecule has 0 spiro atoms. The molecule has 0 aromatic carbocycles. The van der Waals surface area contributed by atoms with Crippen molar-refractivity contribution in [1.82, 2.24) is 0 Å². The fourth-order valence-corrected chi connectivity index (χ4v) is 9.24. The second-order valence-corrected chi connectivity index (χ2v) is 12.5. The van der Waals surface area contributed by atoms with E-state index in [1.54, 1.807) is 6.42 Å². The molecule has 0 aliphatic heterocycles. The minimum absolute atomic E-state index is 0.107. The SMILES string of the molecule is CC(C)C(O)CCC(C)[C@H]1CC[C@H]2[C@@H]3CCC4CCCC[C@]4(C)[C@H]3CC[C@]12C. The molecule has 0 amide bonds. The predicted molar refractivity (Wildman–Crippen MR) is 119 cm³/mol. The highest BCUT2D eigenvalue weighted by Crippen LogP contribution is 2.68. The Morgan fingerprint density at radius 1 is 0.786 bits per heavy atom. The first-order valence-electron chi connectivity index (χ1n) is 13.0. The summed E-state index contributed by atoms with van der Waals surface area (Å²) in [5.74, 6) is 6.17. The van der Waals surface area contributed by atoms with Gasteiger partial charge in [0.2, 0.25) is 0 Å². The number of rotatable bonds is 5. The first-order valence-corrected chi connectivity index (χ1v) is 13.0. The van der Waals surface area contributed by atoms with E-state index in [9.17, 15) is 5.11 Å². The van der Waals surface area contributed by atoms with Crippen LogP contribution >= 0.6 is 0 Å². The van der Waals surface area contributed by atoms with Crippen molar-refractivity contribution in [2.75, 3.05) is 0 Å². The van der Waals surface area contributed by atoms with Crippen LogP contribution in [0, 0.1) is 52.3 Å². The number of hydrogen-bond donors (Lipinski definition) is 1. The lowest BCUT2D eigenvalue weighted by Crippen LogP contribution is -2.53. The van der Waals surface area contributed by atoms with Crippen LogP contribution in [-0.4, -0.2) is 11.2 Å². The van der Waals surface area contributed by atoms with E-state index in [1.807, 2.05) is 0 Å². The monoisotopic (exact) mass is 388 g/mol. The van der Waals surface area contributed by atoms with Crippen molar-refractivity contribution < 1.29 is 5.11 Å². The molecule has 0 aromatic rings. The summed E-state index contributed by atoms with van der Waals surface area (Å²) >= 11 is 0. The second kappa shape index (κ2) is 7.90. The Morgan fingerprint density at radius 2 is 1.54 bits per heavy atom. The van der Waals surface area contributed by atoms with Crippen LogP contribution in [0.15, 0.2) is 0 Å². The fourth-order valence-electron chi connectivity index (χ4n) is 9.24. The maximum atomic E-state index is 10.3. The minimum atomic E-state index is -0.107. The van der Waals surface area contributed by atoms with E-state index >= 15 is 0 Å². The molecular weight excluding hydrogens is 340 g/mol. The summed E-state index contributed by atoms with van der Waals surface area (Å²) in [7, 11) is 0. The average Bonchev–Trinajstić information content (AvgIpc) is 3.02. The highest BCUT2D eigenvalue weighted by molar-refractivity contribution is 5.09. The van der Waals surface area contributed by atoms with Crippen molar-refractivity contribution in [3.63, 3.8) is 0 Å². The van der Waals surface area contributed by atoms with E-state index in [0.29, 0.717) is 16.7 Å². The molecular formula is C27H48O. The highest BCUT2D eigenvalue weighted by Gasteiger charge is 2.60. The molecule has 4 saturated carbocycles. The molecule has 0 saturated heterocycles. The van der Waals surface area contributed by atoms with Crippen molar-refractivity contribution in [2.24, 2.45) is 52.3 Å². The summed E-state index contributed by atoms with van der Waals surface area (Å²) in [6, 6.07) is 0. The van der Waals surface area contributed by atoms with Gasteiger partial charge in [0.25, 0.3) is 0 Å². The van der Waals surface area contributed by atoms with Gasteiger partial charge >= 0.3 is 0 Å². The van der Waals surface area contributed by atoms with Gasteiger partial charge in [-0.25, -0.2) is 0 Å². The normalized spacial score (nSPS) is 47.9. The lowest BCUT2D eigenvalue weighted by molar-refractivity contribution is -0.114. The van der Waals surface area contributed by atoms with E-state index < -0.39 is 0 Å². The van der Waals surface area contributed by atoms with Gasteiger partial charge < -0.3 is 5.11 Å². The molecule has 1 N–H and O–H groups in total. The summed E-state index contributed by atoms with van der Waals surface area (Å²) < 4.78 is 0. The van der Waals surface area contributed by atoms with Crippen molar-refractivity contribution in [3.8, 4) is 0 Å². The van der Waals surface area contributed by atoms with E-state index in [1.165, 1.54) is 64.2 Å². The van der Waals surface area contributed by atoms with Crippen molar-refractivity contribution in [1.29, 1.82) is 0 Å². The third kappa shape index (κ3) is 3.40. The number of fused-ring (bicyclic) bond motifs is 5. The Kier molecular flexibility index (Phi) is 5.98. The molecule has 1 heteroatoms. The molecule has 0 bridgehead atoms. The minimum Gasteiger partial charge on any atom is -0.393 e. The van der Waals surface area contributed by atoms with Gasteiger partial charge in [-0.2, -0.15) is 0 Å². The van der Waals surface area contributed by atoms with Crippen LogP contribution in [0.5, 0.6) is 0 Å². The largest absolute Gasteiger partial charge is 0.393 e. The molecule has 0 aromatic heterocycles. The van der Waals surface area contributed by atoms with E-state index in [-0.39, 0.29) is 6.10 Å². The van der Waals surface area contributed by atoms with Crippen LogP contribution in [0.2, 0.25) is 0 Å². The Labute approximate surface area is 175 Å². The van der Waals surface area contributed by atoms with Gasteiger partial charge in [-0.3, -0.25) is 0 Å². The predicted octanol–water partition coefficient (Wildman–Crippen LogP) is 7.47. The molecule has 0 heterocycles. The zero-order valence-corrected chi connectivity index (χ0v) is 19.6. The van der Waals surface area contributed by atoms with Gasteiger partial charge in [-0.05, 0) is 116 Å². The summed E-state index contributed by atoms with van der Waals surface area (Å²) in [5.41, 5.74) is 1.26. The Morgan fingerprint density at radius 3 is 2.29 bits per heavy atom. The molecule has 4 fully saturated rings. The van der Waals surface area contributed by atoms with Gasteiger partial charge in [0, 0.05) is 0 Å². The van der Waals surface area contributed by atoms with Gasteiger partial charge in [-0.15, -0.1) is 0 Å². The van der Waals surface area contributed by atoms with Crippen LogP contribution in [0.25, 0.3) is 0 Å². The molecule has 4 rings (SSSR count). The van der Waals surface area contributed by atoms with Gasteiger partial charge in [0.15, 0.2) is 0 Å². The van der Waals surface area contributed by atoms with Crippen LogP contribution in [0.1, 0.15) is 112 Å². The first-order chi connectivity index (χ1) is 13.3. The van der Waals surface area contributed by atoms with E-state index in [4.69, 9.17) is 0 Å². The van der Waals surface area contributed by atoms with Crippen LogP contribution in [0.4, 0.5) is 0 Å². The maximum Gasteiger partial charge on any atom is 0.0563 e. The highest BCUT2D eigenvalue weighted by atomic mass is 16.3. The third-order valence-corrected chi connectivity index (χ3v) is 11.0. The van der Waals surface area contributed by atoms with Crippen LogP contribution < -0.4 is 0 Å². The first kappa shape index (κ1) is 21.2. The summed E-state index contributed by atoms with van der Waals surface area (Å²) in [6.07, 6.45) is 17.2. The lowest BCUT2D eigenvalue weighted by Gasteiger charge is -2.61. The zero-order valence-electron chi connectivity index (χ0n) is 19.6. The van der Waals surface area contributed by atoms with Crippen LogP contribution in [-0.2, 0) is 0 Å². The molecule has 162 valence electrons. The van der Waals surface area contributed by atoms with Crippen LogP contribution in [0.3, 0.4) is 0 Å². The molecule has 0 radical (unpaired) electrons. The van der Waals surface area contributed by atoms with Gasteiger partial charge in [0.1, 0.15) is 0 Å². The second-order valence-electron chi connectivity index (χ2n) is 12.5. The standard InChI is InChI=1S/C27H48O/c1-18(2)25(28)14-9-19(3)22-12-13-23-21-11-10-20-8-6-7-16-26(20,4)24(21)15-17-27(22,23)5/h18-25,28H,6-17H2,1-5H3/t19?,20?,21-,22+,23-,24-,25?,26-,27+/m0/s1. The van der Waals surface area contributed by atoms with E-state index in [2.05, 4.69) is 34.6 Å². The van der Waals surface area contributed by atoms with Gasteiger partial charge in [-0.1, -0.05) is 47.5 Å². The quantitative estimate of drug-likeness (QED) is 0.518. The van der Waals surface area contributed by atoms with Crippen molar-refractivity contribution in [2.45, 2.75) is 118 Å². The smallest absolute Gasteiger partial charge is 0.0563 e. The molecule has 3 unspecified atom stereocenters. The van der Waals surface area contributed by atoms with E-state index in [0.717, 1.165) is 41.9 Å². The molecule has 4 aliphatic rings. The summed E-state index contributed by atoms with van der Waals surface area (Å²) in [4.78, 5) is 0. The third-order valence-electron chi connectivity index (χ3n) is 11.0. The number of hydrogen-bond acceptors (Lipinski definition) is 1. The number of aliphatic hydroxyl groups is 1. The number of aliphatic hydroxyl groups excluding tert-OH is 1. The topological polar surface area (TPSA) is 20.2 Å². The molecule has 9 atom stereocenters. The van der Waals surface area contributed by atoms with Gasteiger partial charge in [0.05, 0.1) is 6.10 Å². The zero-order chi connectivity index (χ0) is 20.1. The van der Waals surface area contributed by atoms with Crippen molar-refractivity contribution >= 4 is 0 Å². The Hall–Kier alpha value is -0.0400. The molecule has 4 aliphatic carbocycles.